The van der Waals surface area contributed by atoms with Crippen molar-refractivity contribution in [3.8, 4) is 22.3 Å². The molecule has 0 aliphatic carbocycles. The molecular weight excluding hydrogens is 313 g/mol. The van der Waals surface area contributed by atoms with Crippen LogP contribution in [0.5, 0.6) is 0 Å². The van der Waals surface area contributed by atoms with Gasteiger partial charge in [-0.1, -0.05) is 97.1 Å². The van der Waals surface area contributed by atoms with Crippen molar-refractivity contribution in [2.24, 2.45) is 0 Å². The Hall–Kier alpha value is -3.26. The first-order valence-corrected chi connectivity index (χ1v) is 8.87. The lowest BCUT2D eigenvalue weighted by Gasteiger charge is -2.26. The van der Waals surface area contributed by atoms with Crippen LogP contribution < -0.4 is 4.81 Å². The van der Waals surface area contributed by atoms with Crippen molar-refractivity contribution < 1.29 is 0 Å². The number of para-hydroxylation sites is 2. The van der Waals surface area contributed by atoms with Gasteiger partial charge in [0.2, 0.25) is 7.98 Å². The van der Waals surface area contributed by atoms with Crippen LogP contribution in [0.25, 0.3) is 22.3 Å². The number of anilines is 2. The molecule has 0 amide bonds. The van der Waals surface area contributed by atoms with Crippen LogP contribution in [-0.4, -0.2) is 7.98 Å². The predicted octanol–water partition coefficient (Wildman–Crippen LogP) is 5.71. The molecule has 4 aromatic rings. The van der Waals surface area contributed by atoms with E-state index in [1.165, 1.54) is 33.6 Å². The van der Waals surface area contributed by atoms with E-state index in [4.69, 9.17) is 0 Å². The molecule has 1 nitrogen and oxygen atoms in total. The summed E-state index contributed by atoms with van der Waals surface area (Å²) in [6.07, 6.45) is 0. The molecule has 2 heteroatoms. The summed E-state index contributed by atoms with van der Waals surface area (Å²) in [5.41, 5.74) is 7.32. The molecule has 0 saturated carbocycles. The molecule has 124 valence electrons. The number of hydrogen-bond donors (Lipinski definition) is 0. The molecule has 4 rings (SSSR count). The van der Waals surface area contributed by atoms with Gasteiger partial charge in [0, 0.05) is 22.5 Å². The minimum Gasteiger partial charge on any atom is -0.393 e. The summed E-state index contributed by atoms with van der Waals surface area (Å²) in [6.45, 7) is 0. The summed E-state index contributed by atoms with van der Waals surface area (Å²) in [6, 6.07) is 38.3. The summed E-state index contributed by atoms with van der Waals surface area (Å²) >= 11 is 0. The van der Waals surface area contributed by atoms with Crippen LogP contribution in [0.2, 0.25) is 0 Å². The van der Waals surface area contributed by atoms with Crippen molar-refractivity contribution in [3.63, 3.8) is 0 Å². The summed E-state index contributed by atoms with van der Waals surface area (Å²) in [7, 11) is 2.14. The largest absolute Gasteiger partial charge is 0.393 e. The Morgan fingerprint density at radius 2 is 0.769 bits per heavy atom. The van der Waals surface area contributed by atoms with E-state index in [-0.39, 0.29) is 0 Å². The second kappa shape index (κ2) is 7.32. The molecule has 4 aromatic carbocycles. The fourth-order valence-electron chi connectivity index (χ4n) is 3.39. The Kier molecular flexibility index (Phi) is 4.57. The first-order chi connectivity index (χ1) is 12.8. The maximum atomic E-state index is 2.28. The van der Waals surface area contributed by atoms with Gasteiger partial charge in [0.25, 0.3) is 0 Å². The zero-order valence-electron chi connectivity index (χ0n) is 14.8. The van der Waals surface area contributed by atoms with Gasteiger partial charge in [-0.3, -0.25) is 0 Å². The van der Waals surface area contributed by atoms with E-state index < -0.39 is 0 Å². The topological polar surface area (TPSA) is 3.24 Å². The second-order valence-electron chi connectivity index (χ2n) is 6.33. The van der Waals surface area contributed by atoms with Crippen LogP contribution in [0.1, 0.15) is 0 Å². The number of rotatable bonds is 4. The van der Waals surface area contributed by atoms with E-state index in [1.54, 1.807) is 0 Å². The Morgan fingerprint density at radius 1 is 0.423 bits per heavy atom. The molecule has 0 unspecified atom stereocenters. The minimum absolute atomic E-state index is 1.20. The first kappa shape index (κ1) is 16.2. The summed E-state index contributed by atoms with van der Waals surface area (Å²) < 4.78 is 0. The summed E-state index contributed by atoms with van der Waals surface area (Å²) in [4.78, 5) is 2.28. The average Bonchev–Trinajstić information content (AvgIpc) is 2.74. The van der Waals surface area contributed by atoms with Crippen molar-refractivity contribution in [2.45, 2.75) is 0 Å². The van der Waals surface area contributed by atoms with Gasteiger partial charge in [-0.05, 0) is 23.3 Å². The third-order valence-electron chi connectivity index (χ3n) is 4.70. The molecule has 0 aliphatic heterocycles. The smallest absolute Gasteiger partial charge is 0.223 e. The van der Waals surface area contributed by atoms with Crippen molar-refractivity contribution >= 4 is 19.4 Å². The molecule has 0 heterocycles. The van der Waals surface area contributed by atoms with Crippen LogP contribution in [0, 0.1) is 0 Å². The number of hydrogen-bond acceptors (Lipinski definition) is 1. The quantitative estimate of drug-likeness (QED) is 0.433. The minimum atomic E-state index is 1.20. The predicted molar refractivity (Wildman–Crippen MR) is 114 cm³/mol. The van der Waals surface area contributed by atoms with Gasteiger partial charge in [-0.2, -0.15) is 0 Å². The molecule has 0 radical (unpaired) electrons. The summed E-state index contributed by atoms with van der Waals surface area (Å²) in [5, 5.41) is 0. The Labute approximate surface area is 156 Å². The zero-order chi connectivity index (χ0) is 17.8. The van der Waals surface area contributed by atoms with Crippen LogP contribution in [0.15, 0.2) is 109 Å². The lowest BCUT2D eigenvalue weighted by Crippen LogP contribution is -2.14. The molecule has 0 aliphatic rings. The van der Waals surface area contributed by atoms with Crippen molar-refractivity contribution in [2.75, 3.05) is 4.81 Å². The van der Waals surface area contributed by atoms with Gasteiger partial charge < -0.3 is 4.81 Å². The Bertz CT molecular complexity index is 914. The third kappa shape index (κ3) is 3.14. The molecule has 26 heavy (non-hydrogen) atoms. The lowest BCUT2D eigenvalue weighted by molar-refractivity contribution is 1.41. The molecular formula is C24H20BN. The number of nitrogens with zero attached hydrogens (tertiary/aromatic N) is 1. The molecule has 0 saturated heterocycles. The van der Waals surface area contributed by atoms with Crippen molar-refractivity contribution in [3.05, 3.63) is 109 Å². The zero-order valence-corrected chi connectivity index (χ0v) is 14.8. The van der Waals surface area contributed by atoms with E-state index in [9.17, 15) is 0 Å². The Balaban J connectivity index is 1.83. The molecule has 0 spiro atoms. The van der Waals surface area contributed by atoms with Crippen LogP contribution in [-0.2, 0) is 0 Å². The molecule has 0 bridgehead atoms. The maximum Gasteiger partial charge on any atom is 0.223 e. The van der Waals surface area contributed by atoms with Gasteiger partial charge in [0.15, 0.2) is 0 Å². The SMILES string of the molecule is BN(c1ccccc1-c1ccccc1)c1ccccc1-c1ccccc1. The molecule has 0 atom stereocenters. The highest BCUT2D eigenvalue weighted by atomic mass is 15.0. The Morgan fingerprint density at radius 3 is 1.19 bits per heavy atom. The normalized spacial score (nSPS) is 10.5. The highest BCUT2D eigenvalue weighted by Gasteiger charge is 2.13. The maximum absolute atomic E-state index is 2.28. The highest BCUT2D eigenvalue weighted by molar-refractivity contribution is 6.24. The first-order valence-electron chi connectivity index (χ1n) is 8.87. The lowest BCUT2D eigenvalue weighted by atomic mass is 9.97. The monoisotopic (exact) mass is 333 g/mol. The van der Waals surface area contributed by atoms with E-state index in [0.29, 0.717) is 0 Å². The molecule has 0 N–H and O–H groups in total. The van der Waals surface area contributed by atoms with Gasteiger partial charge in [-0.25, -0.2) is 0 Å². The van der Waals surface area contributed by atoms with E-state index >= 15 is 0 Å². The van der Waals surface area contributed by atoms with Crippen LogP contribution >= 0.6 is 0 Å². The summed E-state index contributed by atoms with van der Waals surface area (Å²) in [5.74, 6) is 0. The fraction of sp³-hybridized carbons (Fsp3) is 0. The fourth-order valence-corrected chi connectivity index (χ4v) is 3.39. The van der Waals surface area contributed by atoms with E-state index in [2.05, 4.69) is 122 Å². The van der Waals surface area contributed by atoms with E-state index in [0.717, 1.165) is 0 Å². The van der Waals surface area contributed by atoms with Gasteiger partial charge in [0.1, 0.15) is 0 Å². The second-order valence-corrected chi connectivity index (χ2v) is 6.33. The van der Waals surface area contributed by atoms with Gasteiger partial charge >= 0.3 is 0 Å². The van der Waals surface area contributed by atoms with Gasteiger partial charge in [0.05, 0.1) is 0 Å². The number of benzene rings is 4. The highest BCUT2D eigenvalue weighted by Crippen LogP contribution is 2.38. The standard InChI is InChI=1S/C24H20BN/c25-26(23-17-9-7-15-21(23)19-11-3-1-4-12-19)24-18-10-8-16-22(24)20-13-5-2-6-14-20/h1-18H,25H2. The van der Waals surface area contributed by atoms with Crippen molar-refractivity contribution in [1.29, 1.82) is 0 Å². The molecule has 0 fully saturated rings. The van der Waals surface area contributed by atoms with Crippen LogP contribution in [0.4, 0.5) is 11.4 Å². The third-order valence-corrected chi connectivity index (χ3v) is 4.70. The van der Waals surface area contributed by atoms with E-state index in [1.807, 2.05) is 0 Å². The average molecular weight is 333 g/mol. The van der Waals surface area contributed by atoms with Crippen LogP contribution in [0.3, 0.4) is 0 Å². The van der Waals surface area contributed by atoms with Crippen molar-refractivity contribution in [1.82, 2.24) is 0 Å². The molecule has 0 aromatic heterocycles. The van der Waals surface area contributed by atoms with Gasteiger partial charge in [-0.15, -0.1) is 0 Å².